The minimum absolute atomic E-state index is 0.181. The lowest BCUT2D eigenvalue weighted by molar-refractivity contribution is -0.159. The van der Waals surface area contributed by atoms with E-state index in [-0.39, 0.29) is 18.9 Å². The summed E-state index contributed by atoms with van der Waals surface area (Å²) in [4.78, 5) is 24.2. The molecule has 3 N–H and O–H groups in total. The van der Waals surface area contributed by atoms with Crippen LogP contribution >= 0.6 is 0 Å². The summed E-state index contributed by atoms with van der Waals surface area (Å²) in [5.41, 5.74) is 5.22. The van der Waals surface area contributed by atoms with E-state index in [0.717, 1.165) is 19.3 Å². The number of rotatable bonds is 16. The van der Waals surface area contributed by atoms with Crippen molar-refractivity contribution in [3.8, 4) is 0 Å². The van der Waals surface area contributed by atoms with E-state index in [1.165, 1.54) is 76.2 Å². The highest BCUT2D eigenvalue weighted by Gasteiger charge is 2.13. The molecule has 0 aromatic heterocycles. The minimum Gasteiger partial charge on any atom is -0.392 e. The molecule has 0 radical (unpaired) electrons. The first-order chi connectivity index (χ1) is 12.5. The first-order valence-electron chi connectivity index (χ1n) is 10.3. The number of unbranched alkanes of at least 4 members (excludes halogenated alkanes) is 12. The van der Waals surface area contributed by atoms with Gasteiger partial charge in [0, 0.05) is 13.5 Å². The van der Waals surface area contributed by atoms with E-state index >= 15 is 0 Å². The molecule has 0 bridgehead atoms. The number of guanidine groups is 1. The van der Waals surface area contributed by atoms with Crippen molar-refractivity contribution in [1.82, 2.24) is 4.90 Å². The number of nitrogens with one attached hydrogen (secondary N) is 1. The van der Waals surface area contributed by atoms with Gasteiger partial charge in [-0.1, -0.05) is 84.0 Å². The van der Waals surface area contributed by atoms with E-state index in [1.54, 1.807) is 0 Å². The van der Waals surface area contributed by atoms with Crippen LogP contribution in [0.4, 0.5) is 0 Å². The van der Waals surface area contributed by atoms with Crippen molar-refractivity contribution in [3.05, 3.63) is 0 Å². The number of carbonyl (C=O) groups is 2. The van der Waals surface area contributed by atoms with Gasteiger partial charge in [-0.2, -0.15) is 0 Å². The Labute approximate surface area is 159 Å². The van der Waals surface area contributed by atoms with Gasteiger partial charge < -0.3 is 15.4 Å². The number of carbonyl (C=O) groups excluding carboxylic acids is 2. The first-order valence-corrected chi connectivity index (χ1v) is 10.3. The van der Waals surface area contributed by atoms with Crippen LogP contribution in [-0.4, -0.2) is 36.4 Å². The largest absolute Gasteiger partial charge is 0.392 e. The lowest BCUT2D eigenvalue weighted by atomic mass is 10.0. The minimum atomic E-state index is -0.664. The molecule has 0 aromatic carbocycles. The van der Waals surface area contributed by atoms with Crippen LogP contribution in [0, 0.1) is 5.41 Å². The second-order valence-corrected chi connectivity index (χ2v) is 7.08. The fraction of sp³-hybridized carbons (Fsp3) is 0.850. The van der Waals surface area contributed by atoms with Crippen LogP contribution in [0.3, 0.4) is 0 Å². The van der Waals surface area contributed by atoms with Crippen LogP contribution in [0.5, 0.6) is 0 Å². The van der Waals surface area contributed by atoms with Crippen LogP contribution in [0.15, 0.2) is 0 Å². The Morgan fingerprint density at radius 3 is 1.65 bits per heavy atom. The molecule has 0 aromatic rings. The molecule has 0 amide bonds. The van der Waals surface area contributed by atoms with E-state index in [0.29, 0.717) is 0 Å². The third-order valence-corrected chi connectivity index (χ3v) is 4.49. The van der Waals surface area contributed by atoms with E-state index in [1.807, 2.05) is 0 Å². The Balaban J connectivity index is 3.38. The summed E-state index contributed by atoms with van der Waals surface area (Å²) in [6, 6.07) is 0. The number of hydrogen-bond acceptors (Lipinski definition) is 4. The van der Waals surface area contributed by atoms with E-state index in [4.69, 9.17) is 15.9 Å². The normalized spacial score (nSPS) is 10.5. The van der Waals surface area contributed by atoms with Crippen molar-refractivity contribution >= 4 is 17.9 Å². The van der Waals surface area contributed by atoms with Crippen molar-refractivity contribution < 1.29 is 14.3 Å². The summed E-state index contributed by atoms with van der Waals surface area (Å²) in [5.74, 6) is -1.39. The zero-order valence-corrected chi connectivity index (χ0v) is 16.9. The maximum absolute atomic E-state index is 11.6. The van der Waals surface area contributed by atoms with Crippen LogP contribution in [-0.2, 0) is 14.3 Å². The third-order valence-electron chi connectivity index (χ3n) is 4.49. The molecule has 152 valence electrons. The fourth-order valence-electron chi connectivity index (χ4n) is 2.78. The van der Waals surface area contributed by atoms with E-state index < -0.39 is 11.9 Å². The molecule has 6 heteroatoms. The fourth-order valence-corrected chi connectivity index (χ4v) is 2.78. The monoisotopic (exact) mass is 369 g/mol. The van der Waals surface area contributed by atoms with Gasteiger partial charge in [0.2, 0.25) is 0 Å². The average molecular weight is 370 g/mol. The van der Waals surface area contributed by atoms with Gasteiger partial charge in [0.15, 0.2) is 5.96 Å². The number of hydrogen-bond donors (Lipinski definition) is 2. The summed E-state index contributed by atoms with van der Waals surface area (Å²) in [6.45, 7) is 2.07. The molecule has 0 saturated carbocycles. The zero-order chi connectivity index (χ0) is 19.6. The van der Waals surface area contributed by atoms with Gasteiger partial charge in [0.1, 0.15) is 6.54 Å². The Bertz CT molecular complexity index is 400. The lowest BCUT2D eigenvalue weighted by Gasteiger charge is -2.14. The number of nitrogens with zero attached hydrogens (tertiary/aromatic N) is 1. The molecular formula is C20H39N3O3. The summed E-state index contributed by atoms with van der Waals surface area (Å²) in [6.07, 6.45) is 16.5. The van der Waals surface area contributed by atoms with Crippen molar-refractivity contribution in [2.45, 2.75) is 96.8 Å². The van der Waals surface area contributed by atoms with Gasteiger partial charge in [-0.25, -0.2) is 4.79 Å². The quantitative estimate of drug-likeness (QED) is 0.138. The summed E-state index contributed by atoms with van der Waals surface area (Å²) >= 11 is 0. The van der Waals surface area contributed by atoms with Crippen LogP contribution < -0.4 is 5.73 Å². The van der Waals surface area contributed by atoms with Crippen molar-refractivity contribution in [3.63, 3.8) is 0 Å². The van der Waals surface area contributed by atoms with E-state index in [9.17, 15) is 9.59 Å². The molecular weight excluding hydrogens is 330 g/mol. The van der Waals surface area contributed by atoms with Gasteiger partial charge in [0.05, 0.1) is 0 Å². The molecule has 6 nitrogen and oxygen atoms in total. The predicted molar refractivity (Wildman–Crippen MR) is 106 cm³/mol. The second kappa shape index (κ2) is 16.9. The molecule has 0 heterocycles. The molecule has 0 rings (SSSR count). The summed E-state index contributed by atoms with van der Waals surface area (Å²) in [5, 5.41) is 7.15. The van der Waals surface area contributed by atoms with Crippen molar-refractivity contribution in [1.29, 1.82) is 5.41 Å². The molecule has 0 atom stereocenters. The first kappa shape index (κ1) is 24.4. The average Bonchev–Trinajstić information content (AvgIpc) is 2.58. The van der Waals surface area contributed by atoms with Gasteiger partial charge in [-0.3, -0.25) is 10.2 Å². The SMILES string of the molecule is CCCCCCCCCCCCCCCC(=O)OC(=O)CN(C)C(=N)N. The highest BCUT2D eigenvalue weighted by atomic mass is 16.6. The highest BCUT2D eigenvalue weighted by Crippen LogP contribution is 2.13. The molecule has 0 aliphatic carbocycles. The number of likely N-dealkylation sites (N-methyl/N-ethyl adjacent to an activating group) is 1. The molecule has 26 heavy (non-hydrogen) atoms. The standard InChI is InChI=1S/C20H39N3O3/c1-3-4-5-6-7-8-9-10-11-12-13-14-15-16-18(24)26-19(25)17-23(2)20(21)22/h3-17H2,1-2H3,(H3,21,22). The lowest BCUT2D eigenvalue weighted by Crippen LogP contribution is -2.37. The van der Waals surface area contributed by atoms with Gasteiger partial charge in [0.25, 0.3) is 0 Å². The maximum Gasteiger partial charge on any atom is 0.333 e. The molecule has 0 unspecified atom stereocenters. The Morgan fingerprint density at radius 2 is 1.23 bits per heavy atom. The molecule has 0 aliphatic heterocycles. The molecule has 0 saturated heterocycles. The number of ether oxygens (including phenoxy) is 1. The van der Waals surface area contributed by atoms with Crippen LogP contribution in [0.25, 0.3) is 0 Å². The Hall–Kier alpha value is -1.59. The highest BCUT2D eigenvalue weighted by molar-refractivity contribution is 5.88. The van der Waals surface area contributed by atoms with Gasteiger partial charge in [-0.15, -0.1) is 0 Å². The van der Waals surface area contributed by atoms with Crippen LogP contribution in [0.2, 0.25) is 0 Å². The topological polar surface area (TPSA) is 96.5 Å². The molecule has 0 fully saturated rings. The maximum atomic E-state index is 11.6. The van der Waals surface area contributed by atoms with Gasteiger partial charge in [-0.05, 0) is 6.42 Å². The third kappa shape index (κ3) is 15.9. The number of esters is 2. The predicted octanol–water partition coefficient (Wildman–Crippen LogP) is 4.36. The Morgan fingerprint density at radius 1 is 0.808 bits per heavy atom. The van der Waals surface area contributed by atoms with Gasteiger partial charge >= 0.3 is 11.9 Å². The smallest absolute Gasteiger partial charge is 0.333 e. The second-order valence-electron chi connectivity index (χ2n) is 7.08. The van der Waals surface area contributed by atoms with Crippen molar-refractivity contribution in [2.24, 2.45) is 5.73 Å². The van der Waals surface area contributed by atoms with Crippen molar-refractivity contribution in [2.75, 3.05) is 13.6 Å². The summed E-state index contributed by atoms with van der Waals surface area (Å²) in [7, 11) is 1.50. The van der Waals surface area contributed by atoms with Crippen LogP contribution in [0.1, 0.15) is 96.8 Å². The molecule has 0 spiro atoms. The molecule has 0 aliphatic rings. The number of nitrogens with two attached hydrogens (primary N) is 1. The summed E-state index contributed by atoms with van der Waals surface area (Å²) < 4.78 is 4.71. The Kier molecular flexibility index (Phi) is 15.8. The van der Waals surface area contributed by atoms with E-state index in [2.05, 4.69) is 6.92 Å². The zero-order valence-electron chi connectivity index (χ0n) is 16.9.